The van der Waals surface area contributed by atoms with E-state index in [2.05, 4.69) is 4.98 Å². The predicted molar refractivity (Wildman–Crippen MR) is 78.0 cm³/mol. The van der Waals surface area contributed by atoms with Gasteiger partial charge in [0, 0.05) is 20.1 Å². The fraction of sp³-hybridized carbons (Fsp3) is 0.308. The van der Waals surface area contributed by atoms with Crippen LogP contribution in [-0.2, 0) is 17.1 Å². The van der Waals surface area contributed by atoms with Gasteiger partial charge in [0.1, 0.15) is 11.0 Å². The van der Waals surface area contributed by atoms with Crippen LogP contribution in [-0.4, -0.2) is 29.3 Å². The molecule has 114 valence electrons. The lowest BCUT2D eigenvalue weighted by Gasteiger charge is -2.23. The zero-order chi connectivity index (χ0) is 15.8. The molecule has 0 radical (unpaired) electrons. The molecular weight excluding hydrogens is 317 g/mol. The van der Waals surface area contributed by atoms with Crippen LogP contribution < -0.4 is 0 Å². The van der Waals surface area contributed by atoms with Gasteiger partial charge >= 0.3 is 0 Å². The normalized spacial score (nSPS) is 13.6. The number of hydrogen-bond donors (Lipinski definition) is 0. The molecule has 0 bridgehead atoms. The Morgan fingerprint density at radius 3 is 2.38 bits per heavy atom. The quantitative estimate of drug-likeness (QED) is 0.865. The number of rotatable bonds is 4. The van der Waals surface area contributed by atoms with Crippen molar-refractivity contribution in [1.82, 2.24) is 13.9 Å². The molecule has 2 rings (SSSR count). The van der Waals surface area contributed by atoms with Gasteiger partial charge in [-0.25, -0.2) is 17.8 Å². The van der Waals surface area contributed by atoms with Crippen LogP contribution in [0.4, 0.5) is 4.39 Å². The molecule has 21 heavy (non-hydrogen) atoms. The highest BCUT2D eigenvalue weighted by Gasteiger charge is 2.31. The standard InChI is InChI=1S/C13H15ClFN3O2S/c1-9(10-4-6-11(15)7-5-10)18(3)21(19,20)13-12(14)17(2)8-16-13/h4-9H,1-3H3/t9-/m0/s1. The van der Waals surface area contributed by atoms with Crippen molar-refractivity contribution in [3.63, 3.8) is 0 Å². The molecule has 1 aromatic heterocycles. The molecule has 0 saturated heterocycles. The monoisotopic (exact) mass is 331 g/mol. The van der Waals surface area contributed by atoms with E-state index >= 15 is 0 Å². The minimum Gasteiger partial charge on any atom is -0.324 e. The number of aromatic nitrogens is 2. The molecule has 1 aromatic carbocycles. The molecule has 2 aromatic rings. The molecule has 0 aliphatic carbocycles. The third-order valence-corrected chi connectivity index (χ3v) is 5.78. The first-order chi connectivity index (χ1) is 9.75. The van der Waals surface area contributed by atoms with Gasteiger partial charge in [-0.3, -0.25) is 0 Å². The first-order valence-corrected chi connectivity index (χ1v) is 7.97. The van der Waals surface area contributed by atoms with Gasteiger partial charge in [0.05, 0.1) is 6.33 Å². The van der Waals surface area contributed by atoms with E-state index in [9.17, 15) is 12.8 Å². The summed E-state index contributed by atoms with van der Waals surface area (Å²) in [6.07, 6.45) is 1.34. The van der Waals surface area contributed by atoms with Crippen molar-refractivity contribution in [2.24, 2.45) is 7.05 Å². The Morgan fingerprint density at radius 1 is 1.33 bits per heavy atom. The Kier molecular flexibility index (Phi) is 4.36. The molecule has 0 spiro atoms. The number of hydrogen-bond acceptors (Lipinski definition) is 3. The summed E-state index contributed by atoms with van der Waals surface area (Å²) in [5.74, 6) is -0.371. The fourth-order valence-corrected chi connectivity index (χ4v) is 3.60. The first-order valence-electron chi connectivity index (χ1n) is 6.15. The van der Waals surface area contributed by atoms with E-state index in [0.717, 1.165) is 4.31 Å². The van der Waals surface area contributed by atoms with E-state index in [1.807, 2.05) is 0 Å². The zero-order valence-electron chi connectivity index (χ0n) is 11.8. The number of halogens is 2. The number of aryl methyl sites for hydroxylation is 1. The van der Waals surface area contributed by atoms with E-state index in [1.165, 1.54) is 30.1 Å². The Hall–Kier alpha value is -1.44. The van der Waals surface area contributed by atoms with Gasteiger partial charge in [-0.15, -0.1) is 0 Å². The van der Waals surface area contributed by atoms with E-state index in [1.54, 1.807) is 26.1 Å². The van der Waals surface area contributed by atoms with Crippen LogP contribution in [0, 0.1) is 5.82 Å². The lowest BCUT2D eigenvalue weighted by molar-refractivity contribution is 0.396. The van der Waals surface area contributed by atoms with Crippen molar-refractivity contribution in [1.29, 1.82) is 0 Å². The Labute approximate surface area is 128 Å². The van der Waals surface area contributed by atoms with Gasteiger partial charge < -0.3 is 4.57 Å². The number of imidazole rings is 1. The molecular formula is C13H15ClFN3O2S. The molecule has 5 nitrogen and oxygen atoms in total. The van der Waals surface area contributed by atoms with Crippen molar-refractivity contribution in [2.75, 3.05) is 7.05 Å². The topological polar surface area (TPSA) is 55.2 Å². The Balaban J connectivity index is 2.36. The average molecular weight is 332 g/mol. The predicted octanol–water partition coefficient (Wildman–Crippen LogP) is 2.59. The van der Waals surface area contributed by atoms with Crippen molar-refractivity contribution >= 4 is 21.6 Å². The Bertz CT molecular complexity index is 743. The van der Waals surface area contributed by atoms with Gasteiger partial charge in [-0.1, -0.05) is 23.7 Å². The molecule has 0 saturated carbocycles. The minimum absolute atomic E-state index is 0.0492. The maximum absolute atomic E-state index is 12.9. The largest absolute Gasteiger partial charge is 0.324 e. The van der Waals surface area contributed by atoms with Crippen molar-refractivity contribution in [3.8, 4) is 0 Å². The van der Waals surface area contributed by atoms with E-state index in [4.69, 9.17) is 11.6 Å². The molecule has 0 aliphatic heterocycles. The second kappa shape index (κ2) is 5.75. The minimum atomic E-state index is -3.83. The summed E-state index contributed by atoms with van der Waals surface area (Å²) in [6, 6.07) is 5.20. The van der Waals surface area contributed by atoms with Crippen LogP contribution in [0.1, 0.15) is 18.5 Å². The summed E-state index contributed by atoms with van der Waals surface area (Å²) in [6.45, 7) is 1.71. The van der Waals surface area contributed by atoms with E-state index in [0.29, 0.717) is 5.56 Å². The summed E-state index contributed by atoms with van der Waals surface area (Å²) < 4.78 is 40.6. The number of nitrogens with zero attached hydrogens (tertiary/aromatic N) is 3. The van der Waals surface area contributed by atoms with Crippen LogP contribution in [0.15, 0.2) is 35.6 Å². The maximum atomic E-state index is 12.9. The summed E-state index contributed by atoms with van der Waals surface area (Å²) in [7, 11) is -0.783. The summed E-state index contributed by atoms with van der Waals surface area (Å²) in [4.78, 5) is 3.84. The molecule has 1 heterocycles. The maximum Gasteiger partial charge on any atom is 0.263 e. The molecule has 0 fully saturated rings. The highest BCUT2D eigenvalue weighted by Crippen LogP contribution is 2.28. The van der Waals surface area contributed by atoms with Crippen LogP contribution in [0.3, 0.4) is 0 Å². The van der Waals surface area contributed by atoms with Crippen molar-refractivity contribution in [3.05, 3.63) is 47.1 Å². The second-order valence-electron chi connectivity index (χ2n) is 4.70. The fourth-order valence-electron chi connectivity index (χ4n) is 1.86. The lowest BCUT2D eigenvalue weighted by Crippen LogP contribution is -2.30. The van der Waals surface area contributed by atoms with Crippen molar-refractivity contribution < 1.29 is 12.8 Å². The van der Waals surface area contributed by atoms with Crippen LogP contribution in [0.2, 0.25) is 5.15 Å². The van der Waals surface area contributed by atoms with Gasteiger partial charge in [-0.05, 0) is 24.6 Å². The molecule has 0 amide bonds. The van der Waals surface area contributed by atoms with E-state index < -0.39 is 16.1 Å². The van der Waals surface area contributed by atoms with Crippen LogP contribution in [0.25, 0.3) is 0 Å². The average Bonchev–Trinajstić information content (AvgIpc) is 2.78. The molecule has 0 N–H and O–H groups in total. The van der Waals surface area contributed by atoms with Crippen LogP contribution in [0.5, 0.6) is 0 Å². The number of sulfonamides is 1. The van der Waals surface area contributed by atoms with Crippen molar-refractivity contribution in [2.45, 2.75) is 18.0 Å². The van der Waals surface area contributed by atoms with Crippen LogP contribution >= 0.6 is 11.6 Å². The van der Waals surface area contributed by atoms with Gasteiger partial charge in [0.2, 0.25) is 5.03 Å². The summed E-state index contributed by atoms with van der Waals surface area (Å²) in [5, 5.41) is -0.142. The molecule has 0 unspecified atom stereocenters. The molecule has 1 atom stereocenters. The summed E-state index contributed by atoms with van der Waals surface area (Å²) in [5.41, 5.74) is 0.675. The molecule has 0 aliphatic rings. The SMILES string of the molecule is C[C@@H](c1ccc(F)cc1)N(C)S(=O)(=O)c1ncn(C)c1Cl. The van der Waals surface area contributed by atoms with Gasteiger partial charge in [-0.2, -0.15) is 4.31 Å². The van der Waals surface area contributed by atoms with Gasteiger partial charge in [0.15, 0.2) is 0 Å². The summed E-state index contributed by atoms with van der Waals surface area (Å²) >= 11 is 5.95. The van der Waals surface area contributed by atoms with Gasteiger partial charge in [0.25, 0.3) is 10.0 Å². The third-order valence-electron chi connectivity index (χ3n) is 3.36. The second-order valence-corrected chi connectivity index (χ2v) is 6.97. The zero-order valence-corrected chi connectivity index (χ0v) is 13.4. The number of benzene rings is 1. The Morgan fingerprint density at radius 2 is 1.90 bits per heavy atom. The highest BCUT2D eigenvalue weighted by atomic mass is 35.5. The molecule has 8 heteroatoms. The van der Waals surface area contributed by atoms with E-state index in [-0.39, 0.29) is 16.0 Å². The third kappa shape index (κ3) is 2.95. The smallest absolute Gasteiger partial charge is 0.263 e. The lowest BCUT2D eigenvalue weighted by atomic mass is 10.1. The highest BCUT2D eigenvalue weighted by molar-refractivity contribution is 7.89. The first kappa shape index (κ1) is 15.9.